The van der Waals surface area contributed by atoms with E-state index in [0.717, 1.165) is 17.8 Å². The average molecular weight is 265 g/mol. The molecule has 1 unspecified atom stereocenters. The van der Waals surface area contributed by atoms with E-state index in [0.29, 0.717) is 12.1 Å². The maximum Gasteiger partial charge on any atom is 0.159 e. The van der Waals surface area contributed by atoms with Gasteiger partial charge in [0.1, 0.15) is 0 Å². The summed E-state index contributed by atoms with van der Waals surface area (Å²) >= 11 is 0. The highest BCUT2D eigenvalue weighted by Crippen LogP contribution is 2.15. The van der Waals surface area contributed by atoms with Crippen LogP contribution < -0.4 is 5.32 Å². The molecule has 19 heavy (non-hydrogen) atoms. The van der Waals surface area contributed by atoms with Gasteiger partial charge in [-0.1, -0.05) is 6.07 Å². The molecule has 0 aliphatic rings. The van der Waals surface area contributed by atoms with Crippen LogP contribution in [0.1, 0.15) is 17.4 Å². The Balaban J connectivity index is 1.87. The van der Waals surface area contributed by atoms with Gasteiger partial charge in [-0.15, -0.1) is 0 Å². The number of nitrogens with zero attached hydrogens (tertiary/aromatic N) is 2. The molecule has 0 radical (unpaired) electrons. The van der Waals surface area contributed by atoms with Crippen LogP contribution in [0, 0.1) is 11.6 Å². The third-order valence-corrected chi connectivity index (χ3v) is 2.60. The fourth-order valence-corrected chi connectivity index (χ4v) is 1.60. The lowest BCUT2D eigenvalue weighted by Crippen LogP contribution is -2.21. The Hall–Kier alpha value is -1.92. The molecule has 1 heterocycles. The number of rotatable bonds is 5. The molecule has 2 aromatic rings. The van der Waals surface area contributed by atoms with E-state index >= 15 is 0 Å². The second-order valence-corrected chi connectivity index (χ2v) is 4.04. The van der Waals surface area contributed by atoms with Crippen molar-refractivity contribution < 1.29 is 13.9 Å². The fraction of sp³-hybridized carbons (Fsp3) is 0.231. The SMILES string of the molecule is OC(CNCc1cccnn1)c1ccc(F)c(F)c1. The van der Waals surface area contributed by atoms with Crippen molar-refractivity contribution in [1.82, 2.24) is 15.5 Å². The minimum Gasteiger partial charge on any atom is -0.387 e. The van der Waals surface area contributed by atoms with Crippen molar-refractivity contribution in [1.29, 1.82) is 0 Å². The van der Waals surface area contributed by atoms with Crippen LogP contribution in [0.5, 0.6) is 0 Å². The Kier molecular flexibility index (Phi) is 4.48. The van der Waals surface area contributed by atoms with Crippen LogP contribution in [0.3, 0.4) is 0 Å². The quantitative estimate of drug-likeness (QED) is 0.861. The van der Waals surface area contributed by atoms with Crippen molar-refractivity contribution in [3.8, 4) is 0 Å². The van der Waals surface area contributed by atoms with Crippen molar-refractivity contribution >= 4 is 0 Å². The Morgan fingerprint density at radius 2 is 2.05 bits per heavy atom. The van der Waals surface area contributed by atoms with Crippen molar-refractivity contribution in [3.05, 3.63) is 59.4 Å². The van der Waals surface area contributed by atoms with Gasteiger partial charge in [-0.2, -0.15) is 10.2 Å². The first-order chi connectivity index (χ1) is 9.16. The van der Waals surface area contributed by atoms with Crippen LogP contribution in [0.15, 0.2) is 36.5 Å². The van der Waals surface area contributed by atoms with Crippen LogP contribution in [-0.2, 0) is 6.54 Å². The molecule has 0 bridgehead atoms. The normalized spacial score (nSPS) is 12.4. The highest BCUT2D eigenvalue weighted by Gasteiger charge is 2.10. The molecular formula is C13H13F2N3O. The number of aliphatic hydroxyl groups is 1. The first-order valence-electron chi connectivity index (χ1n) is 5.77. The molecule has 100 valence electrons. The van der Waals surface area contributed by atoms with Gasteiger partial charge in [-0.05, 0) is 29.8 Å². The molecular weight excluding hydrogens is 252 g/mol. The van der Waals surface area contributed by atoms with Gasteiger partial charge in [-0.25, -0.2) is 8.78 Å². The molecule has 4 nitrogen and oxygen atoms in total. The molecule has 1 aromatic carbocycles. The van der Waals surface area contributed by atoms with Gasteiger partial charge in [-0.3, -0.25) is 0 Å². The van der Waals surface area contributed by atoms with Crippen molar-refractivity contribution in [2.45, 2.75) is 12.6 Å². The minimum atomic E-state index is -0.967. The largest absolute Gasteiger partial charge is 0.387 e. The predicted octanol–water partition coefficient (Wildman–Crippen LogP) is 1.58. The van der Waals surface area contributed by atoms with Gasteiger partial charge in [0.05, 0.1) is 11.8 Å². The molecule has 2 rings (SSSR count). The third-order valence-electron chi connectivity index (χ3n) is 2.60. The second kappa shape index (κ2) is 6.31. The van der Waals surface area contributed by atoms with Crippen LogP contribution in [0.4, 0.5) is 8.78 Å². The van der Waals surface area contributed by atoms with Crippen molar-refractivity contribution in [2.24, 2.45) is 0 Å². The maximum atomic E-state index is 13.0. The predicted molar refractivity (Wildman–Crippen MR) is 65.1 cm³/mol. The molecule has 0 aliphatic heterocycles. The Labute approximate surface area is 109 Å². The zero-order valence-corrected chi connectivity index (χ0v) is 10.1. The summed E-state index contributed by atoms with van der Waals surface area (Å²) in [5.41, 5.74) is 1.06. The highest BCUT2D eigenvalue weighted by molar-refractivity contribution is 5.20. The molecule has 1 atom stereocenters. The summed E-state index contributed by atoms with van der Waals surface area (Å²) in [6, 6.07) is 6.90. The van der Waals surface area contributed by atoms with Gasteiger partial charge in [0, 0.05) is 19.3 Å². The number of nitrogens with one attached hydrogen (secondary N) is 1. The fourth-order valence-electron chi connectivity index (χ4n) is 1.60. The highest BCUT2D eigenvalue weighted by atomic mass is 19.2. The van der Waals surface area contributed by atoms with E-state index in [9.17, 15) is 13.9 Å². The van der Waals surface area contributed by atoms with E-state index in [1.54, 1.807) is 18.3 Å². The van der Waals surface area contributed by atoms with E-state index in [1.807, 2.05) is 0 Å². The smallest absolute Gasteiger partial charge is 0.159 e. The summed E-state index contributed by atoms with van der Waals surface area (Å²) in [5.74, 6) is -1.89. The van der Waals surface area contributed by atoms with Crippen LogP contribution in [0.2, 0.25) is 0 Å². The average Bonchev–Trinajstić information content (AvgIpc) is 2.43. The maximum absolute atomic E-state index is 13.0. The molecule has 0 saturated carbocycles. The summed E-state index contributed by atoms with van der Waals surface area (Å²) in [5, 5.41) is 20.4. The molecule has 0 aliphatic carbocycles. The number of hydrogen-bond donors (Lipinski definition) is 2. The van der Waals surface area contributed by atoms with Crippen molar-refractivity contribution in [3.63, 3.8) is 0 Å². The number of aliphatic hydroxyl groups excluding tert-OH is 1. The molecule has 6 heteroatoms. The lowest BCUT2D eigenvalue weighted by molar-refractivity contribution is 0.173. The van der Waals surface area contributed by atoms with Gasteiger partial charge in [0.2, 0.25) is 0 Å². The molecule has 0 saturated heterocycles. The first-order valence-corrected chi connectivity index (χ1v) is 5.77. The third kappa shape index (κ3) is 3.77. The number of aromatic nitrogens is 2. The Morgan fingerprint density at radius 1 is 1.21 bits per heavy atom. The molecule has 0 fully saturated rings. The molecule has 1 aromatic heterocycles. The molecule has 0 amide bonds. The van der Waals surface area contributed by atoms with E-state index < -0.39 is 17.7 Å². The summed E-state index contributed by atoms with van der Waals surface area (Å²) in [4.78, 5) is 0. The lowest BCUT2D eigenvalue weighted by atomic mass is 10.1. The van der Waals surface area contributed by atoms with Gasteiger partial charge >= 0.3 is 0 Å². The van der Waals surface area contributed by atoms with Gasteiger partial charge in [0.25, 0.3) is 0 Å². The standard InChI is InChI=1S/C13H13F2N3O/c14-11-4-3-9(6-12(11)15)13(19)8-16-7-10-2-1-5-17-18-10/h1-6,13,16,19H,7-8H2. The number of hydrogen-bond acceptors (Lipinski definition) is 4. The summed E-state index contributed by atoms with van der Waals surface area (Å²) in [7, 11) is 0. The summed E-state index contributed by atoms with van der Waals surface area (Å²) in [6.07, 6.45) is 0.659. The second-order valence-electron chi connectivity index (χ2n) is 4.04. The molecule has 0 spiro atoms. The number of halogens is 2. The molecule has 2 N–H and O–H groups in total. The van der Waals surface area contributed by atoms with E-state index in [-0.39, 0.29) is 6.54 Å². The zero-order chi connectivity index (χ0) is 13.7. The summed E-state index contributed by atoms with van der Waals surface area (Å²) in [6.45, 7) is 0.649. The van der Waals surface area contributed by atoms with E-state index in [2.05, 4.69) is 15.5 Å². The lowest BCUT2D eigenvalue weighted by Gasteiger charge is -2.12. The van der Waals surface area contributed by atoms with Crippen LogP contribution in [-0.4, -0.2) is 21.8 Å². The Morgan fingerprint density at radius 3 is 2.74 bits per heavy atom. The van der Waals surface area contributed by atoms with E-state index in [4.69, 9.17) is 0 Å². The van der Waals surface area contributed by atoms with E-state index in [1.165, 1.54) is 6.07 Å². The monoisotopic (exact) mass is 265 g/mol. The first kappa shape index (κ1) is 13.5. The number of benzene rings is 1. The zero-order valence-electron chi connectivity index (χ0n) is 10.1. The Bertz CT molecular complexity index is 537. The minimum absolute atomic E-state index is 0.210. The topological polar surface area (TPSA) is 58.0 Å². The van der Waals surface area contributed by atoms with Crippen molar-refractivity contribution in [2.75, 3.05) is 6.54 Å². The van der Waals surface area contributed by atoms with Gasteiger partial charge < -0.3 is 10.4 Å². The van der Waals surface area contributed by atoms with Crippen LogP contribution in [0.25, 0.3) is 0 Å². The van der Waals surface area contributed by atoms with Crippen LogP contribution >= 0.6 is 0 Å². The van der Waals surface area contributed by atoms with Gasteiger partial charge in [0.15, 0.2) is 11.6 Å². The summed E-state index contributed by atoms with van der Waals surface area (Å²) < 4.78 is 25.7.